The second-order valence-electron chi connectivity index (χ2n) is 5.73. The topological polar surface area (TPSA) is 54.8 Å². The van der Waals surface area contributed by atoms with Gasteiger partial charge in [-0.2, -0.15) is 0 Å². The summed E-state index contributed by atoms with van der Waals surface area (Å²) in [6.45, 7) is 4.31. The Kier molecular flexibility index (Phi) is 2.94. The Bertz CT molecular complexity index is 649. The van der Waals surface area contributed by atoms with Gasteiger partial charge in [-0.25, -0.2) is 4.98 Å². The molecule has 5 nitrogen and oxygen atoms in total. The molecule has 0 saturated carbocycles. The van der Waals surface area contributed by atoms with Gasteiger partial charge in [0.1, 0.15) is 5.82 Å². The minimum atomic E-state index is -0.783. The van der Waals surface area contributed by atoms with Crippen molar-refractivity contribution in [1.29, 1.82) is 0 Å². The Morgan fingerprint density at radius 1 is 1.30 bits per heavy atom. The van der Waals surface area contributed by atoms with Crippen LogP contribution in [-0.2, 0) is 0 Å². The molecular weight excluding hydrogens is 256 g/mol. The summed E-state index contributed by atoms with van der Waals surface area (Å²) in [5.41, 5.74) is -0.783. The molecule has 0 saturated heterocycles. The van der Waals surface area contributed by atoms with Crippen LogP contribution in [0.2, 0.25) is 0 Å². The summed E-state index contributed by atoms with van der Waals surface area (Å²) in [6, 6.07) is 5.85. The van der Waals surface area contributed by atoms with Gasteiger partial charge in [-0.1, -0.05) is 0 Å². The van der Waals surface area contributed by atoms with Gasteiger partial charge in [0.05, 0.1) is 5.60 Å². The summed E-state index contributed by atoms with van der Waals surface area (Å²) in [6.07, 6.45) is 1.76. The largest absolute Gasteiger partial charge is 0.454 e. The molecule has 1 aliphatic rings. The lowest BCUT2D eigenvalue weighted by atomic mass is 10.1. The van der Waals surface area contributed by atoms with Crippen LogP contribution in [0.5, 0.6) is 11.5 Å². The van der Waals surface area contributed by atoms with E-state index in [1.54, 1.807) is 20.0 Å². The first-order valence-electron chi connectivity index (χ1n) is 6.56. The Morgan fingerprint density at radius 3 is 2.70 bits per heavy atom. The molecule has 2 heterocycles. The zero-order valence-electron chi connectivity index (χ0n) is 11.9. The second-order valence-corrected chi connectivity index (χ2v) is 5.73. The van der Waals surface area contributed by atoms with E-state index in [1.165, 1.54) is 0 Å². The maximum atomic E-state index is 9.96. The molecule has 0 amide bonds. The van der Waals surface area contributed by atoms with Crippen LogP contribution in [0.25, 0.3) is 10.8 Å². The highest BCUT2D eigenvalue weighted by Gasteiger charge is 2.20. The molecular formula is C15H18N2O3. The fraction of sp³-hybridized carbons (Fsp3) is 0.400. The lowest BCUT2D eigenvalue weighted by Gasteiger charge is -2.27. The SMILES string of the molecule is CN(CC(C)(C)O)c1nccc2cc3c(cc12)OCO3. The Labute approximate surface area is 117 Å². The molecule has 0 fully saturated rings. The van der Waals surface area contributed by atoms with Gasteiger partial charge in [0.15, 0.2) is 11.5 Å². The fourth-order valence-corrected chi connectivity index (χ4v) is 2.51. The summed E-state index contributed by atoms with van der Waals surface area (Å²) in [5, 5.41) is 12.0. The monoisotopic (exact) mass is 274 g/mol. The van der Waals surface area contributed by atoms with E-state index >= 15 is 0 Å². The summed E-state index contributed by atoms with van der Waals surface area (Å²) in [7, 11) is 1.92. The van der Waals surface area contributed by atoms with Crippen LogP contribution >= 0.6 is 0 Å². The highest BCUT2D eigenvalue weighted by atomic mass is 16.7. The van der Waals surface area contributed by atoms with Crippen LogP contribution in [0.15, 0.2) is 24.4 Å². The van der Waals surface area contributed by atoms with Crippen LogP contribution in [-0.4, -0.2) is 36.1 Å². The molecule has 3 rings (SSSR count). The van der Waals surface area contributed by atoms with Crippen molar-refractivity contribution in [1.82, 2.24) is 4.98 Å². The lowest BCUT2D eigenvalue weighted by Crippen LogP contribution is -2.36. The first kappa shape index (κ1) is 13.0. The number of hydrogen-bond acceptors (Lipinski definition) is 5. The highest BCUT2D eigenvalue weighted by Crippen LogP contribution is 2.38. The number of ether oxygens (including phenoxy) is 2. The van der Waals surface area contributed by atoms with Crippen LogP contribution < -0.4 is 14.4 Å². The Morgan fingerprint density at radius 2 is 2.00 bits per heavy atom. The van der Waals surface area contributed by atoms with Gasteiger partial charge >= 0.3 is 0 Å². The van der Waals surface area contributed by atoms with Crippen molar-refractivity contribution in [3.05, 3.63) is 24.4 Å². The number of fused-ring (bicyclic) bond motifs is 2. The first-order chi connectivity index (χ1) is 9.44. The molecule has 1 aromatic carbocycles. The van der Waals surface area contributed by atoms with E-state index in [0.717, 1.165) is 28.1 Å². The fourth-order valence-electron chi connectivity index (χ4n) is 2.51. The predicted octanol–water partition coefficient (Wildman–Crippen LogP) is 2.17. The van der Waals surface area contributed by atoms with Crippen LogP contribution in [0.4, 0.5) is 5.82 Å². The van der Waals surface area contributed by atoms with Crippen molar-refractivity contribution in [2.75, 3.05) is 25.3 Å². The highest BCUT2D eigenvalue weighted by molar-refractivity contribution is 5.94. The maximum Gasteiger partial charge on any atom is 0.231 e. The van der Waals surface area contributed by atoms with Crippen LogP contribution in [0.1, 0.15) is 13.8 Å². The van der Waals surface area contributed by atoms with E-state index < -0.39 is 5.60 Å². The van der Waals surface area contributed by atoms with E-state index in [4.69, 9.17) is 9.47 Å². The lowest BCUT2D eigenvalue weighted by molar-refractivity contribution is 0.0885. The number of anilines is 1. The minimum Gasteiger partial charge on any atom is -0.454 e. The molecule has 2 aromatic rings. The number of hydrogen-bond donors (Lipinski definition) is 1. The van der Waals surface area contributed by atoms with Crippen molar-refractivity contribution < 1.29 is 14.6 Å². The smallest absolute Gasteiger partial charge is 0.231 e. The third kappa shape index (κ3) is 2.36. The van der Waals surface area contributed by atoms with Gasteiger partial charge in [-0.3, -0.25) is 0 Å². The number of aromatic nitrogens is 1. The van der Waals surface area contributed by atoms with Crippen molar-refractivity contribution in [2.45, 2.75) is 19.4 Å². The normalized spacial score (nSPS) is 13.8. The first-order valence-corrected chi connectivity index (χ1v) is 6.56. The number of likely N-dealkylation sites (N-methyl/N-ethyl adjacent to an activating group) is 1. The molecule has 0 spiro atoms. The van der Waals surface area contributed by atoms with Crippen molar-refractivity contribution in [2.24, 2.45) is 0 Å². The summed E-state index contributed by atoms with van der Waals surface area (Å²) < 4.78 is 10.8. The molecule has 0 bridgehead atoms. The van der Waals surface area contributed by atoms with Gasteiger partial charge < -0.3 is 19.5 Å². The number of benzene rings is 1. The summed E-state index contributed by atoms with van der Waals surface area (Å²) in [4.78, 5) is 6.38. The number of pyridine rings is 1. The van der Waals surface area contributed by atoms with E-state index in [1.807, 2.05) is 30.1 Å². The van der Waals surface area contributed by atoms with Crippen LogP contribution in [0.3, 0.4) is 0 Å². The number of nitrogens with zero attached hydrogens (tertiary/aromatic N) is 2. The van der Waals surface area contributed by atoms with Gasteiger partial charge in [0.2, 0.25) is 6.79 Å². The third-order valence-corrected chi connectivity index (χ3v) is 3.22. The van der Waals surface area contributed by atoms with Gasteiger partial charge in [0, 0.05) is 25.2 Å². The van der Waals surface area contributed by atoms with Crippen molar-refractivity contribution in [3.8, 4) is 11.5 Å². The molecule has 0 aliphatic carbocycles. The molecule has 1 aliphatic heterocycles. The quantitative estimate of drug-likeness (QED) is 0.929. The number of rotatable bonds is 3. The predicted molar refractivity (Wildman–Crippen MR) is 77.4 cm³/mol. The van der Waals surface area contributed by atoms with Gasteiger partial charge in [-0.05, 0) is 37.4 Å². The van der Waals surface area contributed by atoms with Crippen molar-refractivity contribution in [3.63, 3.8) is 0 Å². The molecule has 5 heteroatoms. The van der Waals surface area contributed by atoms with Crippen LogP contribution in [0, 0.1) is 0 Å². The Balaban J connectivity index is 2.07. The average Bonchev–Trinajstić information content (AvgIpc) is 2.80. The van der Waals surface area contributed by atoms with Crippen molar-refractivity contribution >= 4 is 16.6 Å². The molecule has 1 N–H and O–H groups in total. The molecule has 0 atom stereocenters. The average molecular weight is 274 g/mol. The molecule has 1 aromatic heterocycles. The standard InChI is InChI=1S/C15H18N2O3/c1-15(2,18)8-17(3)14-11-7-13-12(19-9-20-13)6-10(11)4-5-16-14/h4-7,18H,8-9H2,1-3H3. The molecule has 0 unspecified atom stereocenters. The summed E-state index contributed by atoms with van der Waals surface area (Å²) >= 11 is 0. The molecule has 0 radical (unpaired) electrons. The molecule has 20 heavy (non-hydrogen) atoms. The Hall–Kier alpha value is -2.01. The van der Waals surface area contributed by atoms with E-state index in [-0.39, 0.29) is 6.79 Å². The van der Waals surface area contributed by atoms with E-state index in [2.05, 4.69) is 4.98 Å². The maximum absolute atomic E-state index is 9.96. The zero-order valence-corrected chi connectivity index (χ0v) is 11.9. The third-order valence-electron chi connectivity index (χ3n) is 3.22. The van der Waals surface area contributed by atoms with E-state index in [0.29, 0.717) is 6.54 Å². The summed E-state index contributed by atoms with van der Waals surface area (Å²) in [5.74, 6) is 2.33. The second kappa shape index (κ2) is 4.52. The zero-order chi connectivity index (χ0) is 14.3. The molecule has 106 valence electrons. The van der Waals surface area contributed by atoms with E-state index in [9.17, 15) is 5.11 Å². The van der Waals surface area contributed by atoms with Gasteiger partial charge in [0.25, 0.3) is 0 Å². The number of aliphatic hydroxyl groups is 1. The minimum absolute atomic E-state index is 0.258. The van der Waals surface area contributed by atoms with Gasteiger partial charge in [-0.15, -0.1) is 0 Å².